The van der Waals surface area contributed by atoms with Crippen LogP contribution in [0.2, 0.25) is 0 Å². The van der Waals surface area contributed by atoms with Crippen molar-refractivity contribution in [1.29, 1.82) is 0 Å². The SMILES string of the molecule is COC(CCC(=O)O)c1ccc(C2(C)N=CC=C2C(=O)Cc2ccc(-c3cc(C(=O)N4CCc5ccccc54)c[nH]3)cc2)cc1. The van der Waals surface area contributed by atoms with E-state index in [4.69, 9.17) is 9.84 Å². The van der Waals surface area contributed by atoms with Gasteiger partial charge < -0.3 is 19.7 Å². The summed E-state index contributed by atoms with van der Waals surface area (Å²) in [6.45, 7) is 2.61. The fourth-order valence-electron chi connectivity index (χ4n) is 6.26. The molecule has 1 amide bonds. The van der Waals surface area contributed by atoms with E-state index in [9.17, 15) is 14.4 Å². The van der Waals surface area contributed by atoms with Gasteiger partial charge in [-0.1, -0.05) is 66.7 Å². The Bertz CT molecular complexity index is 1800. The second-order valence-corrected chi connectivity index (χ2v) is 11.6. The van der Waals surface area contributed by atoms with Crippen molar-refractivity contribution in [3.05, 3.63) is 125 Å². The van der Waals surface area contributed by atoms with Gasteiger partial charge in [-0.3, -0.25) is 19.4 Å². The lowest BCUT2D eigenvalue weighted by atomic mass is 9.82. The van der Waals surface area contributed by atoms with E-state index in [1.54, 1.807) is 25.6 Å². The number of nitrogens with one attached hydrogen (secondary N) is 1. The number of hydrogen-bond acceptors (Lipinski definition) is 5. The molecule has 45 heavy (non-hydrogen) atoms. The molecule has 0 saturated carbocycles. The number of nitrogens with zero attached hydrogens (tertiary/aromatic N) is 2. The molecule has 0 radical (unpaired) electrons. The van der Waals surface area contributed by atoms with Gasteiger partial charge in [0.25, 0.3) is 5.91 Å². The maximum Gasteiger partial charge on any atom is 0.303 e. The Kier molecular flexibility index (Phi) is 8.32. The largest absolute Gasteiger partial charge is 0.481 e. The molecule has 2 N–H and O–H groups in total. The maximum absolute atomic E-state index is 13.5. The van der Waals surface area contributed by atoms with Gasteiger partial charge in [-0.2, -0.15) is 0 Å². The molecule has 2 aliphatic rings. The molecule has 2 atom stereocenters. The van der Waals surface area contributed by atoms with Crippen molar-refractivity contribution >= 4 is 29.6 Å². The van der Waals surface area contributed by atoms with Gasteiger partial charge in [0, 0.05) is 55.9 Å². The molecule has 3 heterocycles. The molecule has 2 aliphatic heterocycles. The molecular weight excluding hydrogens is 566 g/mol. The number of carboxylic acids is 1. The first kappa shape index (κ1) is 30.0. The Balaban J connectivity index is 1.11. The number of para-hydroxylation sites is 1. The average Bonchev–Trinajstić information content (AvgIpc) is 3.81. The first-order valence-electron chi connectivity index (χ1n) is 15.1. The molecule has 0 fully saturated rings. The van der Waals surface area contributed by atoms with Crippen LogP contribution in [0.25, 0.3) is 11.3 Å². The first-order valence-corrected chi connectivity index (χ1v) is 15.1. The predicted octanol–water partition coefficient (Wildman–Crippen LogP) is 6.47. The first-order chi connectivity index (χ1) is 21.8. The van der Waals surface area contributed by atoms with Crippen LogP contribution in [-0.4, -0.2) is 47.6 Å². The number of rotatable bonds is 11. The van der Waals surface area contributed by atoms with Crippen molar-refractivity contribution in [1.82, 2.24) is 4.98 Å². The third-order valence-corrected chi connectivity index (χ3v) is 8.84. The lowest BCUT2D eigenvalue weighted by Gasteiger charge is -2.26. The number of aliphatic imine (C=N–C) groups is 1. The fourth-order valence-corrected chi connectivity index (χ4v) is 6.26. The van der Waals surface area contributed by atoms with Crippen LogP contribution in [0.3, 0.4) is 0 Å². The third-order valence-electron chi connectivity index (χ3n) is 8.84. The van der Waals surface area contributed by atoms with E-state index in [1.807, 2.05) is 84.6 Å². The molecule has 228 valence electrons. The average molecular weight is 602 g/mol. The van der Waals surface area contributed by atoms with Crippen LogP contribution in [0.5, 0.6) is 0 Å². The van der Waals surface area contributed by atoms with Crippen LogP contribution in [0.15, 0.2) is 102 Å². The lowest BCUT2D eigenvalue weighted by Crippen LogP contribution is -2.28. The smallest absolute Gasteiger partial charge is 0.303 e. The zero-order chi connectivity index (χ0) is 31.6. The summed E-state index contributed by atoms with van der Waals surface area (Å²) in [5.74, 6) is -0.896. The molecule has 3 aromatic carbocycles. The van der Waals surface area contributed by atoms with E-state index in [-0.39, 0.29) is 30.6 Å². The lowest BCUT2D eigenvalue weighted by molar-refractivity contribution is -0.137. The number of amides is 1. The number of ketones is 1. The number of benzene rings is 3. The van der Waals surface area contributed by atoms with Crippen LogP contribution < -0.4 is 4.90 Å². The summed E-state index contributed by atoms with van der Waals surface area (Å²) in [4.78, 5) is 47.5. The van der Waals surface area contributed by atoms with Gasteiger partial charge in [0.2, 0.25) is 0 Å². The Morgan fingerprint density at radius 1 is 1.04 bits per heavy atom. The number of methoxy groups -OCH3 is 1. The number of aromatic nitrogens is 1. The van der Waals surface area contributed by atoms with Crippen LogP contribution in [0.1, 0.15) is 58.5 Å². The van der Waals surface area contributed by atoms with Crippen LogP contribution >= 0.6 is 0 Å². The summed E-state index contributed by atoms with van der Waals surface area (Å²) in [5.41, 5.74) is 6.97. The monoisotopic (exact) mass is 601 g/mol. The highest BCUT2D eigenvalue weighted by molar-refractivity contribution is 6.08. The number of anilines is 1. The van der Waals surface area contributed by atoms with Gasteiger partial charge >= 0.3 is 5.97 Å². The molecule has 8 nitrogen and oxygen atoms in total. The number of ether oxygens (including phenoxy) is 1. The number of fused-ring (bicyclic) bond motifs is 1. The summed E-state index contributed by atoms with van der Waals surface area (Å²) in [5, 5.41) is 9.03. The number of Topliss-reactive ketones (excluding diaryl/α,β-unsaturated/α-hetero) is 1. The Morgan fingerprint density at radius 3 is 2.53 bits per heavy atom. The Labute approximate surface area is 262 Å². The van der Waals surface area contributed by atoms with Gasteiger partial charge in [-0.05, 0) is 65.8 Å². The number of carboxylic acid groups (broad SMARTS) is 1. The number of carbonyl (C=O) groups is 3. The van der Waals surface area contributed by atoms with Gasteiger partial charge in [0.15, 0.2) is 5.78 Å². The van der Waals surface area contributed by atoms with Crippen LogP contribution in [0.4, 0.5) is 5.69 Å². The van der Waals surface area contributed by atoms with Gasteiger partial charge in [-0.15, -0.1) is 0 Å². The van der Waals surface area contributed by atoms with Crippen molar-refractivity contribution in [2.24, 2.45) is 4.99 Å². The predicted molar refractivity (Wildman–Crippen MR) is 174 cm³/mol. The van der Waals surface area contributed by atoms with Gasteiger partial charge in [-0.25, -0.2) is 0 Å². The van der Waals surface area contributed by atoms with Gasteiger partial charge in [0.1, 0.15) is 5.54 Å². The third kappa shape index (κ3) is 6.01. The summed E-state index contributed by atoms with van der Waals surface area (Å²) in [6, 6.07) is 25.4. The summed E-state index contributed by atoms with van der Waals surface area (Å²) in [6.07, 6.45) is 6.37. The fraction of sp³-hybridized carbons (Fsp3) is 0.243. The molecule has 0 saturated heterocycles. The molecule has 2 unspecified atom stereocenters. The van der Waals surface area contributed by atoms with E-state index in [2.05, 4.69) is 16.0 Å². The number of carbonyl (C=O) groups excluding carboxylic acids is 2. The Morgan fingerprint density at radius 2 is 1.80 bits per heavy atom. The highest BCUT2D eigenvalue weighted by atomic mass is 16.5. The van der Waals surface area contributed by atoms with Crippen molar-refractivity contribution in [2.45, 2.75) is 44.2 Å². The normalized spacial score (nSPS) is 17.6. The highest BCUT2D eigenvalue weighted by Crippen LogP contribution is 2.38. The number of allylic oxidation sites excluding steroid dienone is 1. The van der Waals surface area contributed by atoms with Crippen LogP contribution in [0, 0.1) is 0 Å². The van der Waals surface area contributed by atoms with Crippen LogP contribution in [-0.2, 0) is 32.7 Å². The minimum Gasteiger partial charge on any atom is -0.481 e. The van der Waals surface area contributed by atoms with E-state index in [0.29, 0.717) is 24.1 Å². The van der Waals surface area contributed by atoms with Crippen molar-refractivity contribution in [3.63, 3.8) is 0 Å². The molecule has 6 rings (SSSR count). The van der Waals surface area contributed by atoms with E-state index in [1.165, 1.54) is 5.56 Å². The molecule has 0 spiro atoms. The second kappa shape index (κ2) is 12.5. The summed E-state index contributed by atoms with van der Waals surface area (Å²) >= 11 is 0. The molecule has 0 bridgehead atoms. The minimum atomic E-state index is -0.862. The van der Waals surface area contributed by atoms with Crippen molar-refractivity contribution in [2.75, 3.05) is 18.6 Å². The summed E-state index contributed by atoms with van der Waals surface area (Å²) < 4.78 is 5.51. The highest BCUT2D eigenvalue weighted by Gasteiger charge is 2.36. The zero-order valence-corrected chi connectivity index (χ0v) is 25.3. The molecule has 4 aromatic rings. The molecule has 1 aromatic heterocycles. The molecule has 0 aliphatic carbocycles. The second-order valence-electron chi connectivity index (χ2n) is 11.6. The number of aromatic amines is 1. The maximum atomic E-state index is 13.5. The minimum absolute atomic E-state index is 0.0123. The van der Waals surface area contributed by atoms with E-state index < -0.39 is 11.5 Å². The Hall–Kier alpha value is -5.08. The van der Waals surface area contributed by atoms with Crippen molar-refractivity contribution < 1.29 is 24.2 Å². The van der Waals surface area contributed by atoms with E-state index in [0.717, 1.165) is 40.1 Å². The van der Waals surface area contributed by atoms with Gasteiger partial charge in [0.05, 0.1) is 11.7 Å². The number of hydrogen-bond donors (Lipinski definition) is 2. The molecular formula is C37H35N3O5. The topological polar surface area (TPSA) is 112 Å². The summed E-state index contributed by atoms with van der Waals surface area (Å²) in [7, 11) is 1.57. The number of aliphatic carboxylic acids is 1. The van der Waals surface area contributed by atoms with E-state index >= 15 is 0 Å². The number of H-pyrrole nitrogens is 1. The standard InChI is InChI=1S/C37H35N3O5/c1-37(29-13-11-27(12-14-29)34(45-2)15-16-35(42)43)30(17-19-39-37)33(41)21-24-7-9-25(10-8-24)31-22-28(23-38-31)36(44)40-20-18-26-5-3-4-6-32(26)40/h3-14,17,19,22-23,34,38H,15-16,18,20-21H2,1-2H3,(H,42,43). The zero-order valence-electron chi connectivity index (χ0n) is 25.3. The van der Waals surface area contributed by atoms with Crippen molar-refractivity contribution in [3.8, 4) is 11.3 Å². The quantitative estimate of drug-likeness (QED) is 0.205. The molecule has 8 heteroatoms.